The zero-order valence-corrected chi connectivity index (χ0v) is 11.4. The highest BCUT2D eigenvalue weighted by Gasteiger charge is 2.27. The molecule has 6 nitrogen and oxygen atoms in total. The van der Waals surface area contributed by atoms with Crippen LogP contribution in [0.3, 0.4) is 0 Å². The average Bonchev–Trinajstić information content (AvgIpc) is 2.63. The lowest BCUT2D eigenvalue weighted by molar-refractivity contribution is -0.140. The fourth-order valence-corrected chi connectivity index (χ4v) is 2.25. The molecule has 0 spiro atoms. The molecule has 0 aliphatic rings. The van der Waals surface area contributed by atoms with E-state index in [9.17, 15) is 9.59 Å². The number of carboxylic acid groups (broad SMARTS) is 1. The Morgan fingerprint density at radius 2 is 2.17 bits per heavy atom. The van der Waals surface area contributed by atoms with Crippen LogP contribution in [0, 0.1) is 12.8 Å². The van der Waals surface area contributed by atoms with E-state index in [1.54, 1.807) is 13.8 Å². The van der Waals surface area contributed by atoms with E-state index in [-0.39, 0.29) is 5.92 Å². The second kappa shape index (κ2) is 5.81. The summed E-state index contributed by atoms with van der Waals surface area (Å²) >= 11 is 1.06. The largest absolute Gasteiger partial charge is 0.480 e. The van der Waals surface area contributed by atoms with Crippen molar-refractivity contribution in [3.63, 3.8) is 0 Å². The smallest absolute Gasteiger partial charge is 0.326 e. The van der Waals surface area contributed by atoms with Crippen molar-refractivity contribution < 1.29 is 14.7 Å². The monoisotopic (exact) mass is 271 g/mol. The van der Waals surface area contributed by atoms with Crippen LogP contribution in [-0.2, 0) is 4.79 Å². The summed E-state index contributed by atoms with van der Waals surface area (Å²) in [7, 11) is 0. The molecule has 0 radical (unpaired) electrons. The second-order valence-corrected chi connectivity index (χ2v) is 5.17. The van der Waals surface area contributed by atoms with E-state index < -0.39 is 17.9 Å². The highest BCUT2D eigenvalue weighted by atomic mass is 32.1. The lowest BCUT2D eigenvalue weighted by Crippen LogP contribution is -2.44. The molecule has 0 bridgehead atoms. The SMILES string of the molecule is CC[C@H](C)[C@H](NC(=O)c1sc(N)nc1C)C(=O)O. The number of nitrogens with one attached hydrogen (secondary N) is 1. The third-order valence-corrected chi connectivity index (χ3v) is 3.77. The average molecular weight is 271 g/mol. The van der Waals surface area contributed by atoms with Crippen LogP contribution >= 0.6 is 11.3 Å². The van der Waals surface area contributed by atoms with Gasteiger partial charge in [-0.3, -0.25) is 4.79 Å². The number of thiazole rings is 1. The maximum Gasteiger partial charge on any atom is 0.326 e. The fraction of sp³-hybridized carbons (Fsp3) is 0.545. The van der Waals surface area contributed by atoms with Gasteiger partial charge >= 0.3 is 5.97 Å². The lowest BCUT2D eigenvalue weighted by atomic mass is 9.99. The summed E-state index contributed by atoms with van der Waals surface area (Å²) in [5.41, 5.74) is 6.02. The van der Waals surface area contributed by atoms with Crippen molar-refractivity contribution in [3.05, 3.63) is 10.6 Å². The summed E-state index contributed by atoms with van der Waals surface area (Å²) in [6.45, 7) is 5.33. The van der Waals surface area contributed by atoms with Gasteiger partial charge in [0.1, 0.15) is 10.9 Å². The van der Waals surface area contributed by atoms with Gasteiger partial charge in [0, 0.05) is 0 Å². The zero-order valence-electron chi connectivity index (χ0n) is 10.6. The molecule has 1 aromatic heterocycles. The minimum atomic E-state index is -1.03. The number of nitrogens with two attached hydrogens (primary N) is 1. The predicted molar refractivity (Wildman–Crippen MR) is 69.6 cm³/mol. The molecule has 18 heavy (non-hydrogen) atoms. The van der Waals surface area contributed by atoms with Crippen LogP contribution in [0.15, 0.2) is 0 Å². The molecule has 0 saturated heterocycles. The van der Waals surface area contributed by atoms with E-state index in [0.717, 1.165) is 11.3 Å². The van der Waals surface area contributed by atoms with E-state index >= 15 is 0 Å². The van der Waals surface area contributed by atoms with Gasteiger partial charge < -0.3 is 16.2 Å². The molecule has 0 aliphatic carbocycles. The van der Waals surface area contributed by atoms with Gasteiger partial charge in [-0.2, -0.15) is 0 Å². The van der Waals surface area contributed by atoms with Gasteiger partial charge in [0.2, 0.25) is 0 Å². The molecule has 1 heterocycles. The van der Waals surface area contributed by atoms with Gasteiger partial charge in [-0.25, -0.2) is 9.78 Å². The van der Waals surface area contributed by atoms with E-state index in [1.807, 2.05) is 6.92 Å². The first kappa shape index (κ1) is 14.4. The number of nitrogens with zero attached hydrogens (tertiary/aromatic N) is 1. The Bertz CT molecular complexity index is 458. The molecule has 1 aromatic rings. The molecule has 0 unspecified atom stereocenters. The van der Waals surface area contributed by atoms with Crippen LogP contribution in [0.5, 0.6) is 0 Å². The number of carboxylic acids is 1. The van der Waals surface area contributed by atoms with Crippen molar-refractivity contribution >= 4 is 28.3 Å². The van der Waals surface area contributed by atoms with Crippen molar-refractivity contribution in [3.8, 4) is 0 Å². The molecule has 1 amide bonds. The van der Waals surface area contributed by atoms with Crippen molar-refractivity contribution in [1.82, 2.24) is 10.3 Å². The number of amides is 1. The Kier molecular flexibility index (Phi) is 4.66. The number of anilines is 1. The van der Waals surface area contributed by atoms with E-state index in [2.05, 4.69) is 10.3 Å². The maximum atomic E-state index is 12.0. The number of carbonyl (C=O) groups excluding carboxylic acids is 1. The number of aromatic nitrogens is 1. The molecular formula is C11H17N3O3S. The van der Waals surface area contributed by atoms with Crippen LogP contribution in [0.25, 0.3) is 0 Å². The van der Waals surface area contributed by atoms with Crippen LogP contribution < -0.4 is 11.1 Å². The summed E-state index contributed by atoms with van der Waals surface area (Å²) in [6.07, 6.45) is 0.668. The summed E-state index contributed by atoms with van der Waals surface area (Å²) in [5, 5.41) is 11.9. The topological polar surface area (TPSA) is 105 Å². The van der Waals surface area contributed by atoms with Gasteiger partial charge in [-0.15, -0.1) is 0 Å². The summed E-state index contributed by atoms with van der Waals surface area (Å²) in [4.78, 5) is 27.4. The van der Waals surface area contributed by atoms with Gasteiger partial charge in [0.15, 0.2) is 5.13 Å². The minimum absolute atomic E-state index is 0.142. The number of hydrogen-bond donors (Lipinski definition) is 3. The third kappa shape index (κ3) is 3.19. The van der Waals surface area contributed by atoms with Crippen molar-refractivity contribution in [2.24, 2.45) is 5.92 Å². The molecule has 0 fully saturated rings. The number of hydrogen-bond acceptors (Lipinski definition) is 5. The highest BCUT2D eigenvalue weighted by Crippen LogP contribution is 2.20. The molecule has 1 rings (SSSR count). The van der Waals surface area contributed by atoms with Gasteiger partial charge in [-0.1, -0.05) is 31.6 Å². The molecule has 0 aromatic carbocycles. The molecule has 0 aliphatic heterocycles. The second-order valence-electron chi connectivity index (χ2n) is 4.14. The Morgan fingerprint density at radius 3 is 2.56 bits per heavy atom. The van der Waals surface area contributed by atoms with Gasteiger partial charge in [-0.05, 0) is 12.8 Å². The molecular weight excluding hydrogens is 254 g/mol. The van der Waals surface area contributed by atoms with Gasteiger partial charge in [0.05, 0.1) is 5.69 Å². The van der Waals surface area contributed by atoms with E-state index in [1.165, 1.54) is 0 Å². The van der Waals surface area contributed by atoms with Crippen molar-refractivity contribution in [2.45, 2.75) is 33.2 Å². The summed E-state index contributed by atoms with van der Waals surface area (Å²) in [5.74, 6) is -1.61. The Labute approximate surface area is 109 Å². The minimum Gasteiger partial charge on any atom is -0.480 e. The quantitative estimate of drug-likeness (QED) is 0.747. The Hall–Kier alpha value is -1.63. The van der Waals surface area contributed by atoms with Crippen molar-refractivity contribution in [1.29, 1.82) is 0 Å². The standard InChI is InChI=1S/C11H17N3O3S/c1-4-5(2)7(10(16)17)14-9(15)8-6(3)13-11(12)18-8/h5,7H,4H2,1-3H3,(H2,12,13)(H,14,15)(H,16,17)/t5-,7-/m0/s1. The predicted octanol–water partition coefficient (Wildman–Crippen LogP) is 1.26. The van der Waals surface area contributed by atoms with Crippen LogP contribution in [0.2, 0.25) is 0 Å². The normalized spacial score (nSPS) is 13.9. The van der Waals surface area contributed by atoms with Crippen molar-refractivity contribution in [2.75, 3.05) is 5.73 Å². The number of carbonyl (C=O) groups is 2. The summed E-state index contributed by atoms with van der Waals surface area (Å²) in [6, 6.07) is -0.898. The Morgan fingerprint density at radius 1 is 1.56 bits per heavy atom. The lowest BCUT2D eigenvalue weighted by Gasteiger charge is -2.19. The first-order valence-electron chi connectivity index (χ1n) is 5.63. The fourth-order valence-electron chi connectivity index (χ4n) is 1.52. The van der Waals surface area contributed by atoms with E-state index in [0.29, 0.717) is 22.1 Å². The zero-order chi connectivity index (χ0) is 13.9. The molecule has 7 heteroatoms. The highest BCUT2D eigenvalue weighted by molar-refractivity contribution is 7.17. The summed E-state index contributed by atoms with van der Waals surface area (Å²) < 4.78 is 0. The third-order valence-electron chi connectivity index (χ3n) is 2.79. The van der Waals surface area contributed by atoms with Crippen LogP contribution in [-0.4, -0.2) is 28.0 Å². The van der Waals surface area contributed by atoms with E-state index in [4.69, 9.17) is 10.8 Å². The number of rotatable bonds is 5. The molecule has 2 atom stereocenters. The van der Waals surface area contributed by atoms with Crippen LogP contribution in [0.1, 0.15) is 35.6 Å². The number of nitrogen functional groups attached to an aromatic ring is 1. The van der Waals surface area contributed by atoms with Crippen LogP contribution in [0.4, 0.5) is 5.13 Å². The van der Waals surface area contributed by atoms with Gasteiger partial charge in [0.25, 0.3) is 5.91 Å². The molecule has 0 saturated carbocycles. The Balaban J connectivity index is 2.85. The first-order chi connectivity index (χ1) is 8.36. The first-order valence-corrected chi connectivity index (χ1v) is 6.45. The number of aliphatic carboxylic acids is 1. The molecule has 100 valence electrons. The maximum absolute atomic E-state index is 12.0. The number of aryl methyl sites for hydroxylation is 1. The molecule has 4 N–H and O–H groups in total.